The van der Waals surface area contributed by atoms with Crippen LogP contribution in [0.3, 0.4) is 0 Å². The quantitative estimate of drug-likeness (QED) is 0.830. The lowest BCUT2D eigenvalue weighted by Crippen LogP contribution is -2.53. The third kappa shape index (κ3) is 3.57. The van der Waals surface area contributed by atoms with Crippen LogP contribution in [0.5, 0.6) is 0 Å². The van der Waals surface area contributed by atoms with E-state index in [1.807, 2.05) is 0 Å². The van der Waals surface area contributed by atoms with Gasteiger partial charge >= 0.3 is 0 Å². The number of likely N-dealkylation sites (tertiary alicyclic amines) is 2. The van der Waals surface area contributed by atoms with Crippen molar-refractivity contribution < 1.29 is 14.7 Å². The monoisotopic (exact) mass is 410 g/mol. The molecule has 2 atom stereocenters. The van der Waals surface area contributed by atoms with E-state index in [1.165, 1.54) is 0 Å². The number of aliphatic hydroxyl groups is 1. The summed E-state index contributed by atoms with van der Waals surface area (Å²) in [5.41, 5.74) is 0.550. The maximum absolute atomic E-state index is 13.3. The zero-order valence-corrected chi connectivity index (χ0v) is 16.7. The second-order valence-corrected chi connectivity index (χ2v) is 8.96. The molecule has 27 heavy (non-hydrogen) atoms. The van der Waals surface area contributed by atoms with Crippen molar-refractivity contribution in [1.29, 1.82) is 0 Å². The molecule has 0 aromatic heterocycles. The minimum atomic E-state index is -0.457. The van der Waals surface area contributed by atoms with Gasteiger partial charge in [0, 0.05) is 18.7 Å². The number of benzene rings is 1. The van der Waals surface area contributed by atoms with Crippen LogP contribution in [0.2, 0.25) is 10.0 Å². The first-order chi connectivity index (χ1) is 12.9. The fourth-order valence-electron chi connectivity index (χ4n) is 4.50. The summed E-state index contributed by atoms with van der Waals surface area (Å²) in [5.74, 6) is -0.195. The van der Waals surface area contributed by atoms with Crippen molar-refractivity contribution in [3.05, 3.63) is 33.8 Å². The largest absolute Gasteiger partial charge is 0.394 e. The Bertz CT molecular complexity index is 766. The van der Waals surface area contributed by atoms with Crippen molar-refractivity contribution in [2.75, 3.05) is 19.7 Å². The summed E-state index contributed by atoms with van der Waals surface area (Å²) in [6.07, 6.45) is 5.63. The maximum atomic E-state index is 13.3. The number of carbonyl (C=O) groups excluding carboxylic acids is 2. The lowest BCUT2D eigenvalue weighted by Gasteiger charge is -2.38. The van der Waals surface area contributed by atoms with E-state index in [0.29, 0.717) is 35.1 Å². The van der Waals surface area contributed by atoms with Crippen molar-refractivity contribution in [2.45, 2.75) is 50.6 Å². The number of nitrogens with zero attached hydrogens (tertiary/aromatic N) is 2. The van der Waals surface area contributed by atoms with E-state index < -0.39 is 6.04 Å². The first-order valence-electron chi connectivity index (χ1n) is 9.61. The molecular formula is C20H24Cl2N2O3. The van der Waals surface area contributed by atoms with Crippen LogP contribution in [0.15, 0.2) is 18.2 Å². The van der Waals surface area contributed by atoms with Crippen LogP contribution in [0.1, 0.15) is 48.9 Å². The Balaban J connectivity index is 1.59. The molecule has 2 unspecified atom stereocenters. The Labute approximate surface area is 169 Å². The molecule has 5 nitrogen and oxygen atoms in total. The van der Waals surface area contributed by atoms with Gasteiger partial charge in [-0.2, -0.15) is 0 Å². The number of hydrogen-bond acceptors (Lipinski definition) is 3. The van der Waals surface area contributed by atoms with Gasteiger partial charge in [0.25, 0.3) is 5.91 Å². The van der Waals surface area contributed by atoms with E-state index in [0.717, 1.165) is 32.1 Å². The van der Waals surface area contributed by atoms with E-state index in [9.17, 15) is 14.7 Å². The number of amides is 2. The number of rotatable bonds is 3. The van der Waals surface area contributed by atoms with E-state index >= 15 is 0 Å². The summed E-state index contributed by atoms with van der Waals surface area (Å²) in [5, 5.41) is 10.4. The number of aliphatic hydroxyl groups excluding tert-OH is 1. The molecule has 2 amide bonds. The second kappa shape index (κ2) is 7.26. The molecule has 4 rings (SSSR count). The van der Waals surface area contributed by atoms with Crippen LogP contribution < -0.4 is 0 Å². The smallest absolute Gasteiger partial charge is 0.254 e. The van der Waals surface area contributed by atoms with Crippen molar-refractivity contribution in [2.24, 2.45) is 5.41 Å². The van der Waals surface area contributed by atoms with Crippen molar-refractivity contribution in [1.82, 2.24) is 9.80 Å². The first kappa shape index (κ1) is 19.0. The Kier molecular flexibility index (Phi) is 5.12. The van der Waals surface area contributed by atoms with Gasteiger partial charge in [-0.3, -0.25) is 9.59 Å². The average molecular weight is 411 g/mol. The van der Waals surface area contributed by atoms with Crippen molar-refractivity contribution in [3.8, 4) is 0 Å². The number of halogens is 2. The summed E-state index contributed by atoms with van der Waals surface area (Å²) < 4.78 is 0. The molecule has 146 valence electrons. The molecule has 1 saturated carbocycles. The number of piperidine rings is 1. The molecule has 1 aliphatic carbocycles. The number of hydrogen-bond donors (Lipinski definition) is 1. The third-order valence-electron chi connectivity index (χ3n) is 6.30. The van der Waals surface area contributed by atoms with Gasteiger partial charge in [-0.25, -0.2) is 0 Å². The Morgan fingerprint density at radius 1 is 1.15 bits per heavy atom. The topological polar surface area (TPSA) is 60.9 Å². The lowest BCUT2D eigenvalue weighted by atomic mass is 9.98. The van der Waals surface area contributed by atoms with E-state index in [1.54, 1.807) is 28.0 Å². The molecule has 3 fully saturated rings. The summed E-state index contributed by atoms with van der Waals surface area (Å²) in [6.45, 7) is 1.24. The highest BCUT2D eigenvalue weighted by atomic mass is 35.5. The van der Waals surface area contributed by atoms with E-state index in [-0.39, 0.29) is 29.9 Å². The molecule has 3 aliphatic rings. The average Bonchev–Trinajstić information content (AvgIpc) is 3.33. The zero-order chi connectivity index (χ0) is 19.2. The zero-order valence-electron chi connectivity index (χ0n) is 15.2. The van der Waals surface area contributed by atoms with Gasteiger partial charge in [0.05, 0.1) is 22.7 Å². The molecule has 1 aromatic carbocycles. The molecule has 1 spiro atoms. The molecule has 2 heterocycles. The van der Waals surface area contributed by atoms with Crippen LogP contribution in [-0.2, 0) is 4.79 Å². The van der Waals surface area contributed by atoms with Crippen LogP contribution in [0, 0.1) is 5.41 Å². The lowest BCUT2D eigenvalue weighted by molar-refractivity contribution is -0.140. The van der Waals surface area contributed by atoms with Gasteiger partial charge in [0.1, 0.15) is 6.04 Å². The van der Waals surface area contributed by atoms with E-state index in [4.69, 9.17) is 23.2 Å². The predicted molar refractivity (Wildman–Crippen MR) is 104 cm³/mol. The summed E-state index contributed by atoms with van der Waals surface area (Å²) in [7, 11) is 0. The maximum Gasteiger partial charge on any atom is 0.254 e. The van der Waals surface area contributed by atoms with Crippen LogP contribution in [0.4, 0.5) is 0 Å². The third-order valence-corrected chi connectivity index (χ3v) is 7.04. The van der Waals surface area contributed by atoms with Crippen LogP contribution in [-0.4, -0.2) is 58.5 Å². The summed E-state index contributed by atoms with van der Waals surface area (Å²) in [4.78, 5) is 30.0. The predicted octanol–water partition coefficient (Wildman–Crippen LogP) is 3.36. The Hall–Kier alpha value is -1.30. The molecule has 0 radical (unpaired) electrons. The summed E-state index contributed by atoms with van der Waals surface area (Å²) in [6, 6.07) is 4.25. The van der Waals surface area contributed by atoms with Crippen molar-refractivity contribution in [3.63, 3.8) is 0 Å². The molecular weight excluding hydrogens is 387 g/mol. The molecule has 2 saturated heterocycles. The SMILES string of the molecule is O=C(C1CC2(CC2)CN1C(=O)c1ccc(Cl)c(Cl)c1)N1CCCCC1CO. The fourth-order valence-corrected chi connectivity index (χ4v) is 4.79. The molecule has 0 bridgehead atoms. The molecule has 1 aromatic rings. The van der Waals surface area contributed by atoms with Crippen molar-refractivity contribution >= 4 is 35.0 Å². The van der Waals surface area contributed by atoms with Gasteiger partial charge in [0.15, 0.2) is 0 Å². The summed E-state index contributed by atoms with van der Waals surface area (Å²) >= 11 is 12.1. The first-order valence-corrected chi connectivity index (χ1v) is 10.4. The molecule has 1 N–H and O–H groups in total. The number of carbonyl (C=O) groups is 2. The van der Waals surface area contributed by atoms with Crippen LogP contribution >= 0.6 is 23.2 Å². The van der Waals surface area contributed by atoms with Gasteiger partial charge in [0.2, 0.25) is 5.91 Å². The van der Waals surface area contributed by atoms with Gasteiger partial charge in [-0.1, -0.05) is 23.2 Å². The van der Waals surface area contributed by atoms with E-state index in [2.05, 4.69) is 0 Å². The van der Waals surface area contributed by atoms with Crippen LogP contribution in [0.25, 0.3) is 0 Å². The molecule has 2 aliphatic heterocycles. The second-order valence-electron chi connectivity index (χ2n) is 8.15. The fraction of sp³-hybridized carbons (Fsp3) is 0.600. The minimum Gasteiger partial charge on any atom is -0.394 e. The highest BCUT2D eigenvalue weighted by Crippen LogP contribution is 2.55. The van der Waals surface area contributed by atoms with Gasteiger partial charge < -0.3 is 14.9 Å². The van der Waals surface area contributed by atoms with Gasteiger partial charge in [-0.15, -0.1) is 0 Å². The highest BCUT2D eigenvalue weighted by Gasteiger charge is 2.56. The normalized spacial score (nSPS) is 26.5. The Morgan fingerprint density at radius 3 is 2.59 bits per heavy atom. The van der Waals surface area contributed by atoms with Gasteiger partial charge in [-0.05, 0) is 62.1 Å². The highest BCUT2D eigenvalue weighted by molar-refractivity contribution is 6.42. The standard InChI is InChI=1S/C20H24Cl2N2O3/c21-15-5-4-13(9-16(15)22)18(26)24-12-20(6-7-20)10-17(24)19(27)23-8-2-1-3-14(23)11-25/h4-5,9,14,17,25H,1-3,6-8,10-12H2. The Morgan fingerprint density at radius 2 is 1.93 bits per heavy atom. The molecule has 7 heteroatoms. The minimum absolute atomic E-state index is 0.0223.